The molecule has 0 fully saturated rings. The molecule has 0 aliphatic heterocycles. The minimum atomic E-state index is 0.427. The number of nitrogens with one attached hydrogen (secondary N) is 1. The molecule has 1 aromatic rings. The van der Waals surface area contributed by atoms with Gasteiger partial charge in [-0.25, -0.2) is 4.98 Å². The summed E-state index contributed by atoms with van der Waals surface area (Å²) < 4.78 is 0. The first kappa shape index (κ1) is 11.4. The highest BCUT2D eigenvalue weighted by molar-refractivity contribution is 7.99. The van der Waals surface area contributed by atoms with Crippen LogP contribution < -0.4 is 5.32 Å². The van der Waals surface area contributed by atoms with Gasteiger partial charge in [0.15, 0.2) is 0 Å². The van der Waals surface area contributed by atoms with Crippen LogP contribution in [0.4, 0.5) is 5.69 Å². The zero-order chi connectivity index (χ0) is 10.9. The lowest BCUT2D eigenvalue weighted by Gasteiger charge is -2.04. The number of nitrogens with zero attached hydrogens (tertiary/aromatic N) is 2. The third-order valence-electron chi connectivity index (χ3n) is 1.64. The standard InChI is InChI=1S/C11H11N3S/c1-2-6-15-7-5-14-10-3-4-13-11(8-10)9-12/h1,3-4,8H,5-7H2,(H,13,14). The number of aromatic nitrogens is 1. The van der Waals surface area contributed by atoms with Gasteiger partial charge < -0.3 is 5.32 Å². The zero-order valence-electron chi connectivity index (χ0n) is 8.23. The van der Waals surface area contributed by atoms with Gasteiger partial charge in [0.25, 0.3) is 0 Å². The van der Waals surface area contributed by atoms with Gasteiger partial charge in [0, 0.05) is 24.2 Å². The van der Waals surface area contributed by atoms with Crippen molar-refractivity contribution in [3.05, 3.63) is 24.0 Å². The first-order chi connectivity index (χ1) is 7.36. The van der Waals surface area contributed by atoms with Crippen LogP contribution in [0.3, 0.4) is 0 Å². The predicted octanol–water partition coefficient (Wildman–Crippen LogP) is 1.73. The van der Waals surface area contributed by atoms with Crippen molar-refractivity contribution < 1.29 is 0 Å². The van der Waals surface area contributed by atoms with Crippen LogP contribution in [0.2, 0.25) is 0 Å². The normalized spacial score (nSPS) is 8.93. The summed E-state index contributed by atoms with van der Waals surface area (Å²) in [5.74, 6) is 4.26. The van der Waals surface area contributed by atoms with Gasteiger partial charge in [-0.1, -0.05) is 5.92 Å². The maximum Gasteiger partial charge on any atom is 0.142 e. The predicted molar refractivity (Wildman–Crippen MR) is 63.6 cm³/mol. The third-order valence-corrected chi connectivity index (χ3v) is 2.50. The fraction of sp³-hybridized carbons (Fsp3) is 0.273. The Kier molecular flexibility index (Phi) is 5.14. The average molecular weight is 217 g/mol. The van der Waals surface area contributed by atoms with Gasteiger partial charge in [0.2, 0.25) is 0 Å². The van der Waals surface area contributed by atoms with Crippen molar-refractivity contribution in [3.8, 4) is 18.4 Å². The van der Waals surface area contributed by atoms with Crippen LogP contribution >= 0.6 is 11.8 Å². The molecule has 1 N–H and O–H groups in total. The Morgan fingerprint density at radius 1 is 1.60 bits per heavy atom. The van der Waals surface area contributed by atoms with E-state index < -0.39 is 0 Å². The highest BCUT2D eigenvalue weighted by Crippen LogP contribution is 2.07. The van der Waals surface area contributed by atoms with E-state index >= 15 is 0 Å². The second kappa shape index (κ2) is 6.75. The minimum Gasteiger partial charge on any atom is -0.384 e. The van der Waals surface area contributed by atoms with Gasteiger partial charge >= 0.3 is 0 Å². The van der Waals surface area contributed by atoms with Crippen molar-refractivity contribution >= 4 is 17.4 Å². The highest BCUT2D eigenvalue weighted by Gasteiger charge is 1.94. The lowest BCUT2D eigenvalue weighted by molar-refractivity contribution is 1.20. The average Bonchev–Trinajstić information content (AvgIpc) is 2.29. The molecule has 3 nitrogen and oxygen atoms in total. The molecule has 1 rings (SSSR count). The van der Waals surface area contributed by atoms with Crippen molar-refractivity contribution in [2.45, 2.75) is 0 Å². The summed E-state index contributed by atoms with van der Waals surface area (Å²) in [6, 6.07) is 5.56. The number of anilines is 1. The molecule has 0 atom stereocenters. The molecule has 0 unspecified atom stereocenters. The van der Waals surface area contributed by atoms with Crippen LogP contribution in [0.5, 0.6) is 0 Å². The Hall–Kier alpha value is -1.65. The lowest BCUT2D eigenvalue weighted by Crippen LogP contribution is -2.04. The van der Waals surface area contributed by atoms with E-state index in [9.17, 15) is 0 Å². The topological polar surface area (TPSA) is 48.7 Å². The molecule has 0 aliphatic carbocycles. The zero-order valence-corrected chi connectivity index (χ0v) is 9.05. The molecule has 1 heterocycles. The molecule has 0 amide bonds. The van der Waals surface area contributed by atoms with E-state index in [-0.39, 0.29) is 0 Å². The Balaban J connectivity index is 2.32. The maximum atomic E-state index is 8.64. The van der Waals surface area contributed by atoms with Gasteiger partial charge in [-0.05, 0) is 12.1 Å². The summed E-state index contributed by atoms with van der Waals surface area (Å²) in [5.41, 5.74) is 1.35. The van der Waals surface area contributed by atoms with Crippen LogP contribution in [0.15, 0.2) is 18.3 Å². The number of terminal acetylenes is 1. The number of thioether (sulfide) groups is 1. The maximum absolute atomic E-state index is 8.64. The van der Waals surface area contributed by atoms with Crippen molar-refractivity contribution in [1.29, 1.82) is 5.26 Å². The van der Waals surface area contributed by atoms with Crippen LogP contribution in [0, 0.1) is 23.7 Å². The molecule has 0 spiro atoms. The van der Waals surface area contributed by atoms with E-state index in [0.29, 0.717) is 5.69 Å². The summed E-state index contributed by atoms with van der Waals surface area (Å²) in [6.45, 7) is 0.835. The number of hydrogen-bond donors (Lipinski definition) is 1. The van der Waals surface area contributed by atoms with Crippen molar-refractivity contribution in [2.75, 3.05) is 23.4 Å². The van der Waals surface area contributed by atoms with Gasteiger partial charge in [0.1, 0.15) is 11.8 Å². The van der Waals surface area contributed by atoms with Crippen molar-refractivity contribution in [2.24, 2.45) is 0 Å². The number of rotatable bonds is 5. The summed E-state index contributed by atoms with van der Waals surface area (Å²) >= 11 is 1.70. The molecule has 1 aromatic heterocycles. The molecule has 15 heavy (non-hydrogen) atoms. The number of hydrogen-bond acceptors (Lipinski definition) is 4. The summed E-state index contributed by atoms with van der Waals surface area (Å²) in [7, 11) is 0. The quantitative estimate of drug-likeness (QED) is 0.603. The Morgan fingerprint density at radius 2 is 2.47 bits per heavy atom. The summed E-state index contributed by atoms with van der Waals surface area (Å²) in [6.07, 6.45) is 6.74. The summed E-state index contributed by atoms with van der Waals surface area (Å²) in [4.78, 5) is 3.88. The van der Waals surface area contributed by atoms with Crippen LogP contribution in [-0.2, 0) is 0 Å². The van der Waals surface area contributed by atoms with Crippen molar-refractivity contribution in [3.63, 3.8) is 0 Å². The van der Waals surface area contributed by atoms with Crippen molar-refractivity contribution in [1.82, 2.24) is 4.98 Å². The van der Waals surface area contributed by atoms with E-state index in [1.54, 1.807) is 24.0 Å². The Morgan fingerprint density at radius 3 is 3.20 bits per heavy atom. The number of nitriles is 1. The number of pyridine rings is 1. The second-order valence-corrected chi connectivity index (χ2v) is 3.83. The van der Waals surface area contributed by atoms with Gasteiger partial charge in [-0.3, -0.25) is 0 Å². The van der Waals surface area contributed by atoms with E-state index in [1.807, 2.05) is 12.1 Å². The van der Waals surface area contributed by atoms with Gasteiger partial charge in [0.05, 0.1) is 5.75 Å². The minimum absolute atomic E-state index is 0.427. The molecule has 0 saturated carbocycles. The molecule has 0 bridgehead atoms. The van der Waals surface area contributed by atoms with Crippen LogP contribution in [-0.4, -0.2) is 23.0 Å². The third kappa shape index (κ3) is 4.39. The van der Waals surface area contributed by atoms with E-state index in [1.165, 1.54) is 0 Å². The van der Waals surface area contributed by atoms with Crippen LogP contribution in [0.1, 0.15) is 5.69 Å². The molecule has 0 saturated heterocycles. The first-order valence-corrected chi connectivity index (χ1v) is 5.63. The van der Waals surface area contributed by atoms with E-state index in [2.05, 4.69) is 16.2 Å². The second-order valence-electron chi connectivity index (χ2n) is 2.73. The summed E-state index contributed by atoms with van der Waals surface area (Å²) in [5, 5.41) is 11.8. The van der Waals surface area contributed by atoms with E-state index in [0.717, 1.165) is 23.7 Å². The molecular formula is C11H11N3S. The molecule has 0 aromatic carbocycles. The first-order valence-electron chi connectivity index (χ1n) is 4.48. The highest BCUT2D eigenvalue weighted by atomic mass is 32.2. The fourth-order valence-electron chi connectivity index (χ4n) is 1.00. The van der Waals surface area contributed by atoms with Gasteiger partial charge in [-0.15, -0.1) is 18.2 Å². The molecule has 0 radical (unpaired) electrons. The molecular weight excluding hydrogens is 206 g/mol. The smallest absolute Gasteiger partial charge is 0.142 e. The van der Waals surface area contributed by atoms with E-state index in [4.69, 9.17) is 11.7 Å². The monoisotopic (exact) mass is 217 g/mol. The molecule has 0 aliphatic rings. The Labute approximate surface area is 93.9 Å². The molecule has 76 valence electrons. The molecule has 4 heteroatoms. The largest absolute Gasteiger partial charge is 0.384 e. The SMILES string of the molecule is C#CCSCCNc1ccnc(C#N)c1. The van der Waals surface area contributed by atoms with Crippen LogP contribution in [0.25, 0.3) is 0 Å². The Bertz CT molecular complexity index is 390. The lowest BCUT2D eigenvalue weighted by atomic mass is 10.3. The van der Waals surface area contributed by atoms with Gasteiger partial charge in [-0.2, -0.15) is 5.26 Å². The fourth-order valence-corrected chi connectivity index (χ4v) is 1.51.